The zero-order valence-corrected chi connectivity index (χ0v) is 19.8. The molecule has 10 heteroatoms. The average molecular weight is 476 g/mol. The molecule has 1 aliphatic heterocycles. The number of carbonyl (C=O) groups excluding carboxylic acids is 1. The number of fused-ring (bicyclic) bond motifs is 1. The number of rotatable bonds is 5. The third kappa shape index (κ3) is 4.22. The van der Waals surface area contributed by atoms with Crippen LogP contribution in [-0.4, -0.2) is 57.6 Å². The van der Waals surface area contributed by atoms with Crippen LogP contribution in [0, 0.1) is 12.7 Å². The quantitative estimate of drug-likeness (QED) is 0.602. The van der Waals surface area contributed by atoms with Gasteiger partial charge in [0.15, 0.2) is 5.82 Å². The number of nitrogens with zero attached hydrogens (tertiary/aromatic N) is 4. The Hall–Kier alpha value is -2.91. The summed E-state index contributed by atoms with van der Waals surface area (Å²) in [6, 6.07) is 1.51. The molecule has 1 aliphatic rings. The number of aromatic nitrogens is 3. The Bertz CT molecular complexity index is 1210. The Balaban J connectivity index is 1.90. The van der Waals surface area contributed by atoms with Gasteiger partial charge in [0.05, 0.1) is 30.0 Å². The van der Waals surface area contributed by atoms with Crippen LogP contribution in [0.15, 0.2) is 18.5 Å². The number of halogens is 2. The van der Waals surface area contributed by atoms with Gasteiger partial charge in [-0.15, -0.1) is 0 Å². The Morgan fingerprint density at radius 3 is 2.67 bits per heavy atom. The van der Waals surface area contributed by atoms with Crippen molar-refractivity contribution in [2.45, 2.75) is 39.7 Å². The Morgan fingerprint density at radius 2 is 2.00 bits per heavy atom. The molecule has 0 bridgehead atoms. The number of nitrogen functional groups attached to an aromatic ring is 1. The largest absolute Gasteiger partial charge is 0.490 e. The lowest BCUT2D eigenvalue weighted by atomic mass is 9.95. The first-order valence-electron chi connectivity index (χ1n) is 10.8. The third-order valence-corrected chi connectivity index (χ3v) is 5.98. The van der Waals surface area contributed by atoms with Gasteiger partial charge in [0.2, 0.25) is 0 Å². The van der Waals surface area contributed by atoms with E-state index < -0.39 is 17.6 Å². The summed E-state index contributed by atoms with van der Waals surface area (Å²) in [5.74, 6) is -0.474. The zero-order chi connectivity index (χ0) is 23.9. The van der Waals surface area contributed by atoms with Crippen LogP contribution in [0.3, 0.4) is 0 Å². The number of morpholine rings is 1. The van der Waals surface area contributed by atoms with Gasteiger partial charge >= 0.3 is 0 Å². The molecular weight excluding hydrogens is 449 g/mol. The van der Waals surface area contributed by atoms with Gasteiger partial charge < -0.3 is 20.1 Å². The number of amides is 1. The highest BCUT2D eigenvalue weighted by molar-refractivity contribution is 6.31. The maximum atomic E-state index is 15.3. The summed E-state index contributed by atoms with van der Waals surface area (Å²) in [6.07, 6.45) is 3.06. The summed E-state index contributed by atoms with van der Waals surface area (Å²) in [5, 5.41) is -0.150. The van der Waals surface area contributed by atoms with Crippen LogP contribution in [0.5, 0.6) is 5.75 Å². The number of nitrogens with two attached hydrogens (primary N) is 1. The maximum absolute atomic E-state index is 15.3. The first-order valence-corrected chi connectivity index (χ1v) is 11.2. The molecule has 3 heterocycles. The molecule has 8 nitrogen and oxygen atoms in total. The minimum Gasteiger partial charge on any atom is -0.490 e. The van der Waals surface area contributed by atoms with E-state index in [1.165, 1.54) is 6.07 Å². The van der Waals surface area contributed by atoms with Crippen molar-refractivity contribution in [2.24, 2.45) is 0 Å². The summed E-state index contributed by atoms with van der Waals surface area (Å²) in [4.78, 5) is 23.8. The second-order valence-corrected chi connectivity index (χ2v) is 8.75. The van der Waals surface area contributed by atoms with Gasteiger partial charge in [-0.2, -0.15) is 0 Å². The van der Waals surface area contributed by atoms with Gasteiger partial charge in [0.1, 0.15) is 28.5 Å². The summed E-state index contributed by atoms with van der Waals surface area (Å²) in [7, 11) is 0. The van der Waals surface area contributed by atoms with Crippen LogP contribution in [0.25, 0.3) is 5.52 Å². The van der Waals surface area contributed by atoms with Crippen LogP contribution < -0.4 is 10.5 Å². The van der Waals surface area contributed by atoms with E-state index in [1.54, 1.807) is 17.3 Å². The smallest absolute Gasteiger partial charge is 0.260 e. The highest BCUT2D eigenvalue weighted by Crippen LogP contribution is 2.40. The second-order valence-electron chi connectivity index (χ2n) is 8.35. The van der Waals surface area contributed by atoms with Gasteiger partial charge in [-0.3, -0.25) is 9.20 Å². The normalized spacial score (nSPS) is 15.3. The van der Waals surface area contributed by atoms with E-state index in [0.29, 0.717) is 54.7 Å². The highest BCUT2D eigenvalue weighted by atomic mass is 35.5. The predicted octanol–water partition coefficient (Wildman–Crippen LogP) is 3.82. The number of imidazole rings is 1. The minimum absolute atomic E-state index is 0.150. The van der Waals surface area contributed by atoms with E-state index in [9.17, 15) is 4.79 Å². The summed E-state index contributed by atoms with van der Waals surface area (Å²) >= 11 is 6.31. The Kier molecular flexibility index (Phi) is 6.45. The predicted molar refractivity (Wildman–Crippen MR) is 124 cm³/mol. The first kappa shape index (κ1) is 23.3. The zero-order valence-electron chi connectivity index (χ0n) is 19.1. The van der Waals surface area contributed by atoms with E-state index in [0.717, 1.165) is 0 Å². The molecule has 33 heavy (non-hydrogen) atoms. The standard InChI is InChI=1S/C23H27ClFN5O3/c1-12(2)33-20-15(13(3)22-28-14(4)19-21(26)27-5-6-30(19)22)11-16(24)18(25)17(20)23(31)29-7-9-32-10-8-29/h5-6,11-13H,7-10H2,1-4H3,(H2,26,27)/t13-/m1/s1. The van der Waals surface area contributed by atoms with E-state index in [1.807, 2.05) is 32.1 Å². The molecule has 1 amide bonds. The maximum Gasteiger partial charge on any atom is 0.260 e. The van der Waals surface area contributed by atoms with Crippen molar-refractivity contribution in [2.75, 3.05) is 32.0 Å². The first-order chi connectivity index (χ1) is 15.7. The van der Waals surface area contributed by atoms with Gasteiger partial charge in [0, 0.05) is 37.0 Å². The molecule has 2 aromatic heterocycles. The van der Waals surface area contributed by atoms with E-state index in [-0.39, 0.29) is 22.4 Å². The molecule has 0 unspecified atom stereocenters. The number of hydrogen-bond acceptors (Lipinski definition) is 6. The Morgan fingerprint density at radius 1 is 1.30 bits per heavy atom. The topological polar surface area (TPSA) is 95.0 Å². The van der Waals surface area contributed by atoms with Gasteiger partial charge in [-0.25, -0.2) is 14.4 Å². The molecule has 0 saturated carbocycles. The van der Waals surface area contributed by atoms with E-state index in [4.69, 9.17) is 31.8 Å². The molecule has 0 aliphatic carbocycles. The summed E-state index contributed by atoms with van der Waals surface area (Å²) in [6.45, 7) is 8.93. The number of ether oxygens (including phenoxy) is 2. The third-order valence-electron chi connectivity index (χ3n) is 5.70. The number of aryl methyl sites for hydroxylation is 1. The van der Waals surface area contributed by atoms with Crippen molar-refractivity contribution in [3.8, 4) is 5.75 Å². The van der Waals surface area contributed by atoms with Crippen LogP contribution in [-0.2, 0) is 4.74 Å². The second kappa shape index (κ2) is 9.15. The van der Waals surface area contributed by atoms with Gasteiger partial charge in [0.25, 0.3) is 5.91 Å². The van der Waals surface area contributed by atoms with Gasteiger partial charge in [-0.1, -0.05) is 18.5 Å². The van der Waals surface area contributed by atoms with Crippen molar-refractivity contribution < 1.29 is 18.7 Å². The lowest BCUT2D eigenvalue weighted by Crippen LogP contribution is -2.41. The van der Waals surface area contributed by atoms with Crippen LogP contribution in [0.4, 0.5) is 10.2 Å². The molecule has 1 atom stereocenters. The molecular formula is C23H27ClFN5O3. The van der Waals surface area contributed by atoms with Crippen molar-refractivity contribution in [1.82, 2.24) is 19.3 Å². The number of hydrogen-bond donors (Lipinski definition) is 1. The van der Waals surface area contributed by atoms with Gasteiger partial charge in [-0.05, 0) is 26.8 Å². The van der Waals surface area contributed by atoms with Crippen molar-refractivity contribution in [3.05, 3.63) is 51.9 Å². The van der Waals surface area contributed by atoms with Crippen LogP contribution in [0.2, 0.25) is 5.02 Å². The van der Waals surface area contributed by atoms with Crippen molar-refractivity contribution in [1.29, 1.82) is 0 Å². The molecule has 2 N–H and O–H groups in total. The fraction of sp³-hybridized carbons (Fsp3) is 0.435. The molecule has 1 aromatic carbocycles. The molecule has 3 aromatic rings. The van der Waals surface area contributed by atoms with Crippen LogP contribution >= 0.6 is 11.6 Å². The SMILES string of the molecule is Cc1nc([C@H](C)c2cc(Cl)c(F)c(C(=O)N3CCOCC3)c2OC(C)C)n2ccnc(N)c12. The van der Waals surface area contributed by atoms with Crippen molar-refractivity contribution >= 4 is 28.8 Å². The van der Waals surface area contributed by atoms with Crippen molar-refractivity contribution in [3.63, 3.8) is 0 Å². The molecule has 1 saturated heterocycles. The number of benzene rings is 1. The number of anilines is 1. The fourth-order valence-corrected chi connectivity index (χ4v) is 4.35. The Labute approximate surface area is 196 Å². The molecule has 1 fully saturated rings. The minimum atomic E-state index is -0.794. The monoisotopic (exact) mass is 475 g/mol. The molecule has 0 radical (unpaired) electrons. The number of carbonyl (C=O) groups is 1. The lowest BCUT2D eigenvalue weighted by Gasteiger charge is -2.29. The lowest BCUT2D eigenvalue weighted by molar-refractivity contribution is 0.0296. The molecule has 0 spiro atoms. The molecule has 176 valence electrons. The summed E-state index contributed by atoms with van der Waals surface area (Å²) < 4.78 is 28.6. The van der Waals surface area contributed by atoms with Crippen LogP contribution in [0.1, 0.15) is 54.1 Å². The fourth-order valence-electron chi connectivity index (χ4n) is 4.14. The highest BCUT2D eigenvalue weighted by Gasteiger charge is 2.32. The van der Waals surface area contributed by atoms with E-state index >= 15 is 4.39 Å². The average Bonchev–Trinajstić information content (AvgIpc) is 3.13. The van der Waals surface area contributed by atoms with E-state index in [2.05, 4.69) is 4.98 Å². The summed E-state index contributed by atoms with van der Waals surface area (Å²) in [5.41, 5.74) is 7.88. The molecule has 4 rings (SSSR count).